The largest absolute Gasteiger partial charge is 0.497 e. The van der Waals surface area contributed by atoms with Gasteiger partial charge in [-0.15, -0.1) is 0 Å². The van der Waals surface area contributed by atoms with Crippen LogP contribution in [-0.2, 0) is 10.2 Å². The summed E-state index contributed by atoms with van der Waals surface area (Å²) in [6, 6.07) is 12.8. The van der Waals surface area contributed by atoms with Crippen molar-refractivity contribution >= 4 is 16.7 Å². The lowest BCUT2D eigenvalue weighted by Gasteiger charge is -2.38. The summed E-state index contributed by atoms with van der Waals surface area (Å²) >= 11 is 0. The topological polar surface area (TPSA) is 56.3 Å². The third-order valence-electron chi connectivity index (χ3n) is 5.34. The van der Waals surface area contributed by atoms with E-state index in [1.165, 1.54) is 24.0 Å². The van der Waals surface area contributed by atoms with E-state index in [1.807, 2.05) is 12.1 Å². The van der Waals surface area contributed by atoms with Crippen LogP contribution in [-0.4, -0.2) is 36.8 Å². The number of fused-ring (bicyclic) bond motifs is 1. The van der Waals surface area contributed by atoms with Gasteiger partial charge < -0.3 is 14.8 Å². The summed E-state index contributed by atoms with van der Waals surface area (Å²) in [4.78, 5) is 8.57. The first-order valence-electron chi connectivity index (χ1n) is 9.07. The standard InChI is InChI=1S/C21H22FN3O2/c1-26-17-5-2-15(3-6-17)21(8-10-27-11-9-21)13-23-20-18-12-16(22)4-7-19(18)24-14-25-20/h2-7,12,14H,8-11,13H2,1H3,(H,23,24,25). The Hall–Kier alpha value is -2.73. The lowest BCUT2D eigenvalue weighted by molar-refractivity contribution is 0.0543. The van der Waals surface area contributed by atoms with Gasteiger partial charge in [-0.3, -0.25) is 0 Å². The number of nitrogens with one attached hydrogen (secondary N) is 1. The van der Waals surface area contributed by atoms with Crippen LogP contribution in [0.2, 0.25) is 0 Å². The van der Waals surface area contributed by atoms with Gasteiger partial charge in [0.1, 0.15) is 23.7 Å². The van der Waals surface area contributed by atoms with Gasteiger partial charge in [-0.1, -0.05) is 12.1 Å². The van der Waals surface area contributed by atoms with Crippen molar-refractivity contribution in [1.29, 1.82) is 0 Å². The SMILES string of the molecule is COc1ccc(C2(CNc3ncnc4ccc(F)cc34)CCOCC2)cc1. The Labute approximate surface area is 157 Å². The number of halogens is 1. The van der Waals surface area contributed by atoms with E-state index in [9.17, 15) is 4.39 Å². The quantitative estimate of drug-likeness (QED) is 0.740. The van der Waals surface area contributed by atoms with Crippen molar-refractivity contribution in [3.8, 4) is 5.75 Å². The molecule has 1 aliphatic rings. The van der Waals surface area contributed by atoms with E-state index in [-0.39, 0.29) is 11.2 Å². The van der Waals surface area contributed by atoms with E-state index in [2.05, 4.69) is 27.4 Å². The van der Waals surface area contributed by atoms with Crippen LogP contribution >= 0.6 is 0 Å². The summed E-state index contributed by atoms with van der Waals surface area (Å²) in [6.07, 6.45) is 3.32. The molecular formula is C21H22FN3O2. The van der Waals surface area contributed by atoms with E-state index < -0.39 is 0 Å². The molecule has 1 fully saturated rings. The Morgan fingerprint density at radius 3 is 2.63 bits per heavy atom. The highest BCUT2D eigenvalue weighted by molar-refractivity contribution is 5.88. The maximum atomic E-state index is 13.7. The second kappa shape index (κ2) is 7.48. The van der Waals surface area contributed by atoms with Gasteiger partial charge in [0.2, 0.25) is 0 Å². The molecule has 0 radical (unpaired) electrons. The van der Waals surface area contributed by atoms with E-state index in [1.54, 1.807) is 13.2 Å². The van der Waals surface area contributed by atoms with Crippen molar-refractivity contribution in [2.45, 2.75) is 18.3 Å². The third kappa shape index (κ3) is 3.57. The first-order valence-corrected chi connectivity index (χ1v) is 9.07. The molecular weight excluding hydrogens is 345 g/mol. The van der Waals surface area contributed by atoms with Crippen molar-refractivity contribution in [2.24, 2.45) is 0 Å². The molecule has 2 aromatic carbocycles. The second-order valence-corrected chi connectivity index (χ2v) is 6.86. The fraction of sp³-hybridized carbons (Fsp3) is 0.333. The molecule has 0 atom stereocenters. The number of nitrogens with zero attached hydrogens (tertiary/aromatic N) is 2. The molecule has 0 aliphatic carbocycles. The molecule has 0 amide bonds. The van der Waals surface area contributed by atoms with Gasteiger partial charge in [0.15, 0.2) is 0 Å². The summed E-state index contributed by atoms with van der Waals surface area (Å²) in [7, 11) is 1.67. The maximum Gasteiger partial charge on any atom is 0.137 e. The Balaban J connectivity index is 1.64. The molecule has 0 spiro atoms. The average Bonchev–Trinajstić information content (AvgIpc) is 2.73. The fourth-order valence-corrected chi connectivity index (χ4v) is 3.70. The molecule has 1 N–H and O–H groups in total. The minimum Gasteiger partial charge on any atom is -0.497 e. The van der Waals surface area contributed by atoms with Gasteiger partial charge in [-0.25, -0.2) is 14.4 Å². The molecule has 140 valence electrons. The molecule has 2 heterocycles. The number of ether oxygens (including phenoxy) is 2. The lowest BCUT2D eigenvalue weighted by atomic mass is 9.74. The first kappa shape index (κ1) is 17.7. The van der Waals surface area contributed by atoms with Gasteiger partial charge in [0.25, 0.3) is 0 Å². The van der Waals surface area contributed by atoms with Crippen LogP contribution in [0.3, 0.4) is 0 Å². The predicted molar refractivity (Wildman–Crippen MR) is 103 cm³/mol. The molecule has 4 rings (SSSR count). The summed E-state index contributed by atoms with van der Waals surface area (Å²) in [5.74, 6) is 1.20. The van der Waals surface area contributed by atoms with Crippen molar-refractivity contribution in [3.05, 3.63) is 60.2 Å². The van der Waals surface area contributed by atoms with Crippen LogP contribution in [0.5, 0.6) is 5.75 Å². The second-order valence-electron chi connectivity index (χ2n) is 6.86. The normalized spacial score (nSPS) is 16.2. The number of aromatic nitrogens is 2. The van der Waals surface area contributed by atoms with Gasteiger partial charge in [-0.05, 0) is 48.7 Å². The molecule has 0 saturated carbocycles. The zero-order valence-corrected chi connectivity index (χ0v) is 15.2. The lowest BCUT2D eigenvalue weighted by Crippen LogP contribution is -2.40. The number of hydrogen-bond acceptors (Lipinski definition) is 5. The molecule has 0 bridgehead atoms. The Morgan fingerprint density at radius 1 is 1.11 bits per heavy atom. The van der Waals surface area contributed by atoms with Gasteiger partial charge >= 0.3 is 0 Å². The highest BCUT2D eigenvalue weighted by Gasteiger charge is 2.34. The van der Waals surface area contributed by atoms with Crippen LogP contribution in [0.15, 0.2) is 48.8 Å². The molecule has 5 nitrogen and oxygen atoms in total. The van der Waals surface area contributed by atoms with Crippen LogP contribution < -0.4 is 10.1 Å². The minimum atomic E-state index is -0.295. The van der Waals surface area contributed by atoms with Gasteiger partial charge in [0, 0.05) is 30.6 Å². The number of rotatable bonds is 5. The first-order chi connectivity index (χ1) is 13.2. The number of anilines is 1. The molecule has 1 aromatic heterocycles. The van der Waals surface area contributed by atoms with Crippen molar-refractivity contribution in [2.75, 3.05) is 32.2 Å². The summed E-state index contributed by atoms with van der Waals surface area (Å²) in [5.41, 5.74) is 1.89. The summed E-state index contributed by atoms with van der Waals surface area (Å²) < 4.78 is 24.6. The van der Waals surface area contributed by atoms with Crippen LogP contribution in [0.1, 0.15) is 18.4 Å². The van der Waals surface area contributed by atoms with Crippen molar-refractivity contribution in [3.63, 3.8) is 0 Å². The Kier molecular flexibility index (Phi) is 4.90. The van der Waals surface area contributed by atoms with Crippen LogP contribution in [0.25, 0.3) is 10.9 Å². The monoisotopic (exact) mass is 367 g/mol. The van der Waals surface area contributed by atoms with E-state index in [0.717, 1.165) is 24.1 Å². The molecule has 3 aromatic rings. The molecule has 27 heavy (non-hydrogen) atoms. The zero-order valence-electron chi connectivity index (χ0n) is 15.2. The number of benzene rings is 2. The number of methoxy groups -OCH3 is 1. The number of hydrogen-bond donors (Lipinski definition) is 1. The zero-order chi connectivity index (χ0) is 18.7. The predicted octanol–water partition coefficient (Wildman–Crippen LogP) is 3.94. The average molecular weight is 367 g/mol. The maximum absolute atomic E-state index is 13.7. The third-order valence-corrected chi connectivity index (χ3v) is 5.34. The molecule has 1 saturated heterocycles. The van der Waals surface area contributed by atoms with Crippen LogP contribution in [0.4, 0.5) is 10.2 Å². The molecule has 0 unspecified atom stereocenters. The molecule has 6 heteroatoms. The van der Waals surface area contributed by atoms with E-state index >= 15 is 0 Å². The Bertz CT molecular complexity index is 924. The summed E-state index contributed by atoms with van der Waals surface area (Å²) in [5, 5.41) is 4.14. The van der Waals surface area contributed by atoms with Crippen LogP contribution in [0, 0.1) is 5.82 Å². The highest BCUT2D eigenvalue weighted by Crippen LogP contribution is 2.36. The highest BCUT2D eigenvalue weighted by atomic mass is 19.1. The minimum absolute atomic E-state index is 0.0743. The van der Waals surface area contributed by atoms with Crippen molar-refractivity contribution in [1.82, 2.24) is 9.97 Å². The Morgan fingerprint density at radius 2 is 1.89 bits per heavy atom. The van der Waals surface area contributed by atoms with E-state index in [4.69, 9.17) is 9.47 Å². The summed E-state index contributed by atoms with van der Waals surface area (Å²) in [6.45, 7) is 2.12. The molecule has 1 aliphatic heterocycles. The van der Waals surface area contributed by atoms with E-state index in [0.29, 0.717) is 31.0 Å². The fourth-order valence-electron chi connectivity index (χ4n) is 3.70. The van der Waals surface area contributed by atoms with Gasteiger partial charge in [0.05, 0.1) is 12.6 Å². The van der Waals surface area contributed by atoms with Crippen molar-refractivity contribution < 1.29 is 13.9 Å². The van der Waals surface area contributed by atoms with Gasteiger partial charge in [-0.2, -0.15) is 0 Å². The smallest absolute Gasteiger partial charge is 0.137 e.